The number of hydrogen-bond donors (Lipinski definition) is 3. The summed E-state index contributed by atoms with van der Waals surface area (Å²) in [5.74, 6) is 3.37. The van der Waals surface area contributed by atoms with Gasteiger partial charge in [-0.3, -0.25) is 9.89 Å². The van der Waals surface area contributed by atoms with Gasteiger partial charge in [0, 0.05) is 43.0 Å². The maximum Gasteiger partial charge on any atom is 0.246 e. The van der Waals surface area contributed by atoms with E-state index in [1.165, 1.54) is 44.5 Å². The fraction of sp³-hybridized carbons (Fsp3) is 0.583. The van der Waals surface area contributed by atoms with Crippen molar-refractivity contribution in [1.82, 2.24) is 35.0 Å². The Kier molecular flexibility index (Phi) is 4.75. The minimum Gasteiger partial charge on any atom is -0.350 e. The molecular formula is C24H31N9O. The van der Waals surface area contributed by atoms with E-state index >= 15 is 0 Å². The van der Waals surface area contributed by atoms with Gasteiger partial charge in [0.25, 0.3) is 0 Å². The normalized spacial score (nSPS) is 28.5. The monoisotopic (exact) mass is 461 g/mol. The number of rotatable bonds is 6. The van der Waals surface area contributed by atoms with Gasteiger partial charge < -0.3 is 20.4 Å². The molecule has 8 rings (SSSR count). The Balaban J connectivity index is 1.13. The van der Waals surface area contributed by atoms with Gasteiger partial charge in [0.1, 0.15) is 11.6 Å². The van der Waals surface area contributed by atoms with E-state index in [1.807, 2.05) is 22.8 Å². The molecule has 2 atom stereocenters. The van der Waals surface area contributed by atoms with Gasteiger partial charge in [0.15, 0.2) is 11.6 Å². The van der Waals surface area contributed by atoms with Crippen LogP contribution in [0.4, 0.5) is 17.6 Å². The Labute approximate surface area is 198 Å². The third-order valence-electron chi connectivity index (χ3n) is 8.04. The van der Waals surface area contributed by atoms with Gasteiger partial charge in [0.05, 0.1) is 0 Å². The number of aromatic nitrogens is 5. The van der Waals surface area contributed by atoms with Crippen LogP contribution in [0.3, 0.4) is 0 Å². The van der Waals surface area contributed by atoms with Crippen LogP contribution >= 0.6 is 0 Å². The highest BCUT2D eigenvalue weighted by Gasteiger charge is 2.39. The standard InChI is InChI=1S/C24H31N9O/c34-23(25-18-14-31-11-7-16(18)8-12-31)20-4-1-9-32(20)24-27-22(19-3-2-10-33(19)30-24)26-21-13-17(28-29-21)15-5-6-15/h2-3,10,13,15-16,18,20H,1,4-9,11-12,14H2,(H,25,34)(H2,26,27,28,29,30)/t18-,20-/m0/s1. The number of carbonyl (C=O) groups is 1. The highest BCUT2D eigenvalue weighted by Crippen LogP contribution is 2.40. The Bertz CT molecular complexity index is 1210. The maximum absolute atomic E-state index is 13.4. The topological polar surface area (TPSA) is 106 Å². The Morgan fingerprint density at radius 2 is 2.00 bits per heavy atom. The molecule has 2 bridgehead atoms. The molecule has 3 aromatic rings. The molecule has 1 saturated carbocycles. The van der Waals surface area contributed by atoms with Crippen LogP contribution in [0.2, 0.25) is 0 Å². The molecule has 1 amide bonds. The molecule has 1 aliphatic carbocycles. The predicted molar refractivity (Wildman–Crippen MR) is 128 cm³/mol. The summed E-state index contributed by atoms with van der Waals surface area (Å²) in [6, 6.07) is 6.05. The minimum absolute atomic E-state index is 0.114. The van der Waals surface area contributed by atoms with Crippen LogP contribution in [0.1, 0.15) is 50.1 Å². The van der Waals surface area contributed by atoms with E-state index in [0.29, 0.717) is 23.6 Å². The van der Waals surface area contributed by atoms with Crippen molar-refractivity contribution in [3.05, 3.63) is 30.1 Å². The van der Waals surface area contributed by atoms with Crippen molar-refractivity contribution in [2.75, 3.05) is 36.4 Å². The molecule has 0 unspecified atom stereocenters. The molecule has 0 spiro atoms. The van der Waals surface area contributed by atoms with Gasteiger partial charge >= 0.3 is 0 Å². The van der Waals surface area contributed by atoms with Gasteiger partial charge in [0.2, 0.25) is 11.9 Å². The summed E-state index contributed by atoms with van der Waals surface area (Å²) in [6.07, 6.45) is 8.53. The summed E-state index contributed by atoms with van der Waals surface area (Å²) >= 11 is 0. The lowest BCUT2D eigenvalue weighted by molar-refractivity contribution is -0.124. The van der Waals surface area contributed by atoms with Crippen LogP contribution in [0.15, 0.2) is 24.4 Å². The smallest absolute Gasteiger partial charge is 0.246 e. The third kappa shape index (κ3) is 3.60. The number of carbonyl (C=O) groups excluding carboxylic acids is 1. The van der Waals surface area contributed by atoms with Gasteiger partial charge in [-0.1, -0.05) is 0 Å². The first kappa shape index (κ1) is 20.3. The fourth-order valence-electron chi connectivity index (χ4n) is 5.95. The zero-order valence-electron chi connectivity index (χ0n) is 19.3. The summed E-state index contributed by atoms with van der Waals surface area (Å²) in [6.45, 7) is 4.10. The number of nitrogens with one attached hydrogen (secondary N) is 3. The average molecular weight is 462 g/mol. The van der Waals surface area contributed by atoms with Crippen molar-refractivity contribution in [2.45, 2.75) is 56.5 Å². The van der Waals surface area contributed by atoms with E-state index in [0.717, 1.165) is 37.3 Å². The molecule has 10 heteroatoms. The zero-order valence-corrected chi connectivity index (χ0v) is 19.3. The Morgan fingerprint density at radius 1 is 1.12 bits per heavy atom. The summed E-state index contributed by atoms with van der Waals surface area (Å²) in [5.41, 5.74) is 2.06. The number of piperidine rings is 3. The number of aromatic amines is 1. The minimum atomic E-state index is -0.233. The van der Waals surface area contributed by atoms with Crippen LogP contribution < -0.4 is 15.5 Å². The van der Waals surface area contributed by atoms with Crippen LogP contribution in [0.25, 0.3) is 5.52 Å². The number of nitrogens with zero attached hydrogens (tertiary/aromatic N) is 6. The van der Waals surface area contributed by atoms with Crippen molar-refractivity contribution in [3.63, 3.8) is 0 Å². The number of fused-ring (bicyclic) bond motifs is 4. The van der Waals surface area contributed by atoms with Crippen molar-refractivity contribution in [3.8, 4) is 0 Å². The summed E-state index contributed by atoms with van der Waals surface area (Å²) in [5, 5.41) is 19.1. The van der Waals surface area contributed by atoms with E-state index in [2.05, 4.69) is 36.7 Å². The highest BCUT2D eigenvalue weighted by molar-refractivity contribution is 5.86. The van der Waals surface area contributed by atoms with Gasteiger partial charge in [-0.2, -0.15) is 10.1 Å². The summed E-state index contributed by atoms with van der Waals surface area (Å²) in [4.78, 5) is 22.8. The molecule has 4 saturated heterocycles. The first-order valence-corrected chi connectivity index (χ1v) is 12.7. The molecule has 10 nitrogen and oxygen atoms in total. The van der Waals surface area contributed by atoms with Gasteiger partial charge in [-0.15, -0.1) is 5.10 Å². The molecule has 3 aromatic heterocycles. The lowest BCUT2D eigenvalue weighted by Gasteiger charge is -2.45. The molecule has 34 heavy (non-hydrogen) atoms. The first-order valence-electron chi connectivity index (χ1n) is 12.7. The van der Waals surface area contributed by atoms with E-state index in [-0.39, 0.29) is 18.0 Å². The van der Waals surface area contributed by atoms with Crippen molar-refractivity contribution < 1.29 is 4.79 Å². The van der Waals surface area contributed by atoms with Crippen LogP contribution in [0, 0.1) is 5.92 Å². The van der Waals surface area contributed by atoms with Crippen LogP contribution in [-0.4, -0.2) is 73.9 Å². The quantitative estimate of drug-likeness (QED) is 0.517. The van der Waals surface area contributed by atoms with Gasteiger partial charge in [-0.05, 0) is 69.7 Å². The van der Waals surface area contributed by atoms with E-state index in [4.69, 9.17) is 10.1 Å². The molecule has 178 valence electrons. The molecule has 0 aromatic carbocycles. The lowest BCUT2D eigenvalue weighted by Crippen LogP contribution is -2.59. The summed E-state index contributed by atoms with van der Waals surface area (Å²) < 4.78 is 1.83. The zero-order chi connectivity index (χ0) is 22.6. The van der Waals surface area contributed by atoms with E-state index in [9.17, 15) is 4.79 Å². The van der Waals surface area contributed by atoms with E-state index < -0.39 is 0 Å². The summed E-state index contributed by atoms with van der Waals surface area (Å²) in [7, 11) is 0. The highest BCUT2D eigenvalue weighted by atomic mass is 16.2. The largest absolute Gasteiger partial charge is 0.350 e. The number of anilines is 3. The van der Waals surface area contributed by atoms with E-state index in [1.54, 1.807) is 0 Å². The Hall–Kier alpha value is -3.14. The first-order chi connectivity index (χ1) is 16.7. The second-order valence-corrected chi connectivity index (χ2v) is 10.3. The lowest BCUT2D eigenvalue weighted by atomic mass is 9.84. The number of H-pyrrole nitrogens is 1. The van der Waals surface area contributed by atoms with Gasteiger partial charge in [-0.25, -0.2) is 4.52 Å². The molecule has 5 fully saturated rings. The second-order valence-electron chi connectivity index (χ2n) is 10.3. The molecular weight excluding hydrogens is 430 g/mol. The maximum atomic E-state index is 13.4. The molecule has 0 radical (unpaired) electrons. The molecule has 4 aliphatic heterocycles. The second kappa shape index (κ2) is 7.97. The van der Waals surface area contributed by atoms with Crippen LogP contribution in [0.5, 0.6) is 0 Å². The molecule has 5 aliphatic rings. The average Bonchev–Trinajstić information content (AvgIpc) is 3.25. The van der Waals surface area contributed by atoms with Crippen molar-refractivity contribution in [2.24, 2.45) is 5.92 Å². The molecule has 7 heterocycles. The number of amides is 1. The predicted octanol–water partition coefficient (Wildman–Crippen LogP) is 2.25. The SMILES string of the molecule is O=C(N[C@H]1CN2CCC1CC2)[C@@H]1CCCN1c1nc(Nc2cc(C3CC3)[nH]n2)c2cccn2n1. The van der Waals surface area contributed by atoms with Crippen LogP contribution in [-0.2, 0) is 4.79 Å². The third-order valence-corrected chi connectivity index (χ3v) is 8.04. The Morgan fingerprint density at radius 3 is 2.79 bits per heavy atom. The van der Waals surface area contributed by atoms with Crippen molar-refractivity contribution in [1.29, 1.82) is 0 Å². The van der Waals surface area contributed by atoms with Crippen molar-refractivity contribution >= 4 is 29.0 Å². The fourth-order valence-corrected chi connectivity index (χ4v) is 5.95. The number of hydrogen-bond acceptors (Lipinski definition) is 7. The molecule has 3 N–H and O–H groups in total.